The van der Waals surface area contributed by atoms with Gasteiger partial charge in [-0.15, -0.1) is 0 Å². The summed E-state index contributed by atoms with van der Waals surface area (Å²) in [5, 5.41) is 0.855. The van der Waals surface area contributed by atoms with E-state index in [0.29, 0.717) is 5.56 Å². The number of fused-ring (bicyclic) bond motifs is 1. The fourth-order valence-electron chi connectivity index (χ4n) is 1.98. The van der Waals surface area contributed by atoms with E-state index >= 15 is 0 Å². The molecule has 4 nitrogen and oxygen atoms in total. The smallest absolute Gasteiger partial charge is 0.326 e. The van der Waals surface area contributed by atoms with E-state index in [-0.39, 0.29) is 18.6 Å². The summed E-state index contributed by atoms with van der Waals surface area (Å²) in [6.07, 6.45) is 3.20. The number of aromatic nitrogens is 1. The van der Waals surface area contributed by atoms with Crippen LogP contribution in [0.4, 0.5) is 0 Å². The van der Waals surface area contributed by atoms with Gasteiger partial charge in [0.1, 0.15) is 6.54 Å². The molecule has 1 heterocycles. The van der Waals surface area contributed by atoms with E-state index in [0.717, 1.165) is 23.6 Å². The molecule has 0 aliphatic rings. The summed E-state index contributed by atoms with van der Waals surface area (Å²) in [5.74, 6) is -0.285. The van der Waals surface area contributed by atoms with Crippen LogP contribution < -0.4 is 0 Å². The molecule has 0 radical (unpaired) electrons. The minimum absolute atomic E-state index is 0.0835. The number of benzene rings is 1. The summed E-state index contributed by atoms with van der Waals surface area (Å²) in [4.78, 5) is 22.8. The van der Waals surface area contributed by atoms with Gasteiger partial charge >= 0.3 is 5.97 Å². The number of carbonyl (C=O) groups is 2. The van der Waals surface area contributed by atoms with Crippen LogP contribution in [0.3, 0.4) is 0 Å². The van der Waals surface area contributed by atoms with Crippen LogP contribution in [0.25, 0.3) is 10.9 Å². The maximum atomic E-state index is 11.8. The molecular weight excluding hydrogens is 242 g/mol. The molecule has 1 atom stereocenters. The Bertz CT molecular complexity index is 600. The van der Waals surface area contributed by atoms with E-state index < -0.39 is 0 Å². The fourth-order valence-corrected chi connectivity index (χ4v) is 1.98. The first-order valence-corrected chi connectivity index (χ1v) is 6.38. The third-order valence-corrected chi connectivity index (χ3v) is 3.15. The van der Waals surface area contributed by atoms with Gasteiger partial charge in [0.15, 0.2) is 6.29 Å². The van der Waals surface area contributed by atoms with E-state index in [1.165, 1.54) is 0 Å². The summed E-state index contributed by atoms with van der Waals surface area (Å²) >= 11 is 0. The van der Waals surface area contributed by atoms with Crippen LogP contribution in [-0.2, 0) is 16.1 Å². The third kappa shape index (κ3) is 2.84. The van der Waals surface area contributed by atoms with Gasteiger partial charge in [0, 0.05) is 22.7 Å². The first kappa shape index (κ1) is 13.3. The zero-order valence-electron chi connectivity index (χ0n) is 11.1. The summed E-state index contributed by atoms with van der Waals surface area (Å²) in [6, 6.07) is 7.51. The van der Waals surface area contributed by atoms with Gasteiger partial charge in [-0.25, -0.2) is 0 Å². The number of rotatable bonds is 5. The van der Waals surface area contributed by atoms with Crippen LogP contribution >= 0.6 is 0 Å². The molecule has 0 amide bonds. The Morgan fingerprint density at radius 2 is 2.16 bits per heavy atom. The summed E-state index contributed by atoms with van der Waals surface area (Å²) < 4.78 is 7.00. The lowest BCUT2D eigenvalue weighted by molar-refractivity contribution is -0.148. The molecule has 0 saturated heterocycles. The number of para-hydroxylation sites is 1. The fraction of sp³-hybridized carbons (Fsp3) is 0.333. The van der Waals surface area contributed by atoms with Crippen LogP contribution in [0.2, 0.25) is 0 Å². The molecule has 0 fully saturated rings. The van der Waals surface area contributed by atoms with Crippen LogP contribution in [0, 0.1) is 0 Å². The number of carbonyl (C=O) groups excluding carboxylic acids is 2. The lowest BCUT2D eigenvalue weighted by Crippen LogP contribution is -2.18. The van der Waals surface area contributed by atoms with Gasteiger partial charge in [-0.05, 0) is 19.4 Å². The second kappa shape index (κ2) is 5.69. The van der Waals surface area contributed by atoms with Crippen molar-refractivity contribution in [2.24, 2.45) is 0 Å². The first-order chi connectivity index (χ1) is 9.15. The summed E-state index contributed by atoms with van der Waals surface area (Å²) in [6.45, 7) is 3.95. The Morgan fingerprint density at radius 3 is 2.84 bits per heavy atom. The van der Waals surface area contributed by atoms with Gasteiger partial charge in [0.2, 0.25) is 0 Å². The average molecular weight is 259 g/mol. The number of aldehydes is 1. The van der Waals surface area contributed by atoms with Gasteiger partial charge in [-0.3, -0.25) is 9.59 Å². The Balaban J connectivity index is 2.26. The van der Waals surface area contributed by atoms with Gasteiger partial charge in [0.05, 0.1) is 6.10 Å². The quantitative estimate of drug-likeness (QED) is 0.612. The highest BCUT2D eigenvalue weighted by Gasteiger charge is 2.12. The molecule has 0 aliphatic carbocycles. The molecule has 0 aliphatic heterocycles. The third-order valence-electron chi connectivity index (χ3n) is 3.15. The van der Waals surface area contributed by atoms with Crippen molar-refractivity contribution in [2.75, 3.05) is 0 Å². The standard InChI is InChI=1S/C15H17NO3/c1-3-11(2)19-15(18)9-16-8-12(10-17)13-6-4-5-7-14(13)16/h4-8,10-11H,3,9H2,1-2H3. The Hall–Kier alpha value is -2.10. The zero-order valence-corrected chi connectivity index (χ0v) is 11.1. The second-order valence-electron chi connectivity index (χ2n) is 4.56. The molecule has 0 N–H and O–H groups in total. The molecule has 1 aromatic heterocycles. The lowest BCUT2D eigenvalue weighted by Gasteiger charge is -2.11. The maximum Gasteiger partial charge on any atom is 0.326 e. The van der Waals surface area contributed by atoms with Gasteiger partial charge in [-0.1, -0.05) is 25.1 Å². The van der Waals surface area contributed by atoms with E-state index in [9.17, 15) is 9.59 Å². The van der Waals surface area contributed by atoms with Gasteiger partial charge in [-0.2, -0.15) is 0 Å². The van der Waals surface area contributed by atoms with Crippen molar-refractivity contribution in [2.45, 2.75) is 32.9 Å². The Morgan fingerprint density at radius 1 is 1.42 bits per heavy atom. The van der Waals surface area contributed by atoms with Crippen molar-refractivity contribution in [1.29, 1.82) is 0 Å². The van der Waals surface area contributed by atoms with E-state index in [4.69, 9.17) is 4.74 Å². The van der Waals surface area contributed by atoms with Crippen LogP contribution in [0.1, 0.15) is 30.6 Å². The van der Waals surface area contributed by atoms with Crippen LogP contribution in [-0.4, -0.2) is 22.9 Å². The number of esters is 1. The van der Waals surface area contributed by atoms with Crippen molar-refractivity contribution in [3.63, 3.8) is 0 Å². The highest BCUT2D eigenvalue weighted by molar-refractivity contribution is 5.98. The molecule has 0 bridgehead atoms. The molecule has 4 heteroatoms. The van der Waals surface area contributed by atoms with E-state index in [1.54, 1.807) is 10.8 Å². The molecule has 1 unspecified atom stereocenters. The van der Waals surface area contributed by atoms with Crippen molar-refractivity contribution in [3.8, 4) is 0 Å². The van der Waals surface area contributed by atoms with E-state index in [1.807, 2.05) is 38.1 Å². The predicted octanol–water partition coefficient (Wildman–Crippen LogP) is 2.80. The van der Waals surface area contributed by atoms with Gasteiger partial charge < -0.3 is 9.30 Å². The molecule has 0 spiro atoms. The number of nitrogens with zero attached hydrogens (tertiary/aromatic N) is 1. The molecule has 2 rings (SSSR count). The van der Waals surface area contributed by atoms with Gasteiger partial charge in [0.25, 0.3) is 0 Å². The molecular formula is C15H17NO3. The molecule has 100 valence electrons. The highest BCUT2D eigenvalue weighted by Crippen LogP contribution is 2.20. The molecule has 2 aromatic rings. The minimum Gasteiger partial charge on any atom is -0.461 e. The summed E-state index contributed by atoms with van der Waals surface area (Å²) in [5.41, 5.74) is 1.46. The maximum absolute atomic E-state index is 11.8. The molecule has 0 saturated carbocycles. The number of hydrogen-bond donors (Lipinski definition) is 0. The highest BCUT2D eigenvalue weighted by atomic mass is 16.5. The largest absolute Gasteiger partial charge is 0.461 e. The van der Waals surface area contributed by atoms with Crippen LogP contribution in [0.5, 0.6) is 0 Å². The summed E-state index contributed by atoms with van der Waals surface area (Å²) in [7, 11) is 0. The van der Waals surface area contributed by atoms with Crippen molar-refractivity contribution in [3.05, 3.63) is 36.0 Å². The lowest BCUT2D eigenvalue weighted by atomic mass is 10.2. The monoisotopic (exact) mass is 259 g/mol. The SMILES string of the molecule is CCC(C)OC(=O)Cn1cc(C=O)c2ccccc21. The Labute approximate surface area is 112 Å². The van der Waals surface area contributed by atoms with Crippen molar-refractivity contribution >= 4 is 23.2 Å². The first-order valence-electron chi connectivity index (χ1n) is 6.38. The van der Waals surface area contributed by atoms with Crippen molar-refractivity contribution in [1.82, 2.24) is 4.57 Å². The number of hydrogen-bond acceptors (Lipinski definition) is 3. The van der Waals surface area contributed by atoms with Crippen molar-refractivity contribution < 1.29 is 14.3 Å². The van der Waals surface area contributed by atoms with E-state index in [2.05, 4.69) is 0 Å². The van der Waals surface area contributed by atoms with Crippen LogP contribution in [0.15, 0.2) is 30.5 Å². The second-order valence-corrected chi connectivity index (χ2v) is 4.56. The Kier molecular flexibility index (Phi) is 4.00. The number of ether oxygens (including phenoxy) is 1. The predicted molar refractivity (Wildman–Crippen MR) is 73.2 cm³/mol. The molecule has 1 aromatic carbocycles. The normalized spacial score (nSPS) is 12.3. The average Bonchev–Trinajstić information content (AvgIpc) is 2.77. The zero-order chi connectivity index (χ0) is 13.8. The molecule has 19 heavy (non-hydrogen) atoms. The minimum atomic E-state index is -0.285. The topological polar surface area (TPSA) is 48.3 Å².